The number of para-hydroxylation sites is 1. The zero-order chi connectivity index (χ0) is 13.8. The normalized spacial score (nSPS) is 19.3. The summed E-state index contributed by atoms with van der Waals surface area (Å²) in [6.07, 6.45) is 0. The van der Waals surface area contributed by atoms with E-state index < -0.39 is 0 Å². The van der Waals surface area contributed by atoms with Gasteiger partial charge in [-0.2, -0.15) is 0 Å². The van der Waals surface area contributed by atoms with Crippen molar-refractivity contribution in [3.8, 4) is 11.5 Å². The lowest BCUT2D eigenvalue weighted by Crippen LogP contribution is -2.49. The molecule has 0 aromatic heterocycles. The van der Waals surface area contributed by atoms with Crippen LogP contribution in [0.2, 0.25) is 0 Å². The summed E-state index contributed by atoms with van der Waals surface area (Å²) in [6.45, 7) is 1.54. The van der Waals surface area contributed by atoms with Crippen LogP contribution in [0.5, 0.6) is 11.5 Å². The first kappa shape index (κ1) is 14.1. The van der Waals surface area contributed by atoms with Crippen LogP contribution in [-0.2, 0) is 4.74 Å². The summed E-state index contributed by atoms with van der Waals surface area (Å²) in [6, 6.07) is 4.89. The number of halogens is 1. The first-order valence-corrected chi connectivity index (χ1v) is 7.11. The van der Waals surface area contributed by atoms with E-state index in [0.717, 1.165) is 0 Å². The van der Waals surface area contributed by atoms with Gasteiger partial charge < -0.3 is 19.5 Å². The van der Waals surface area contributed by atoms with Gasteiger partial charge in [-0.15, -0.1) is 0 Å². The van der Waals surface area contributed by atoms with Crippen molar-refractivity contribution in [1.29, 1.82) is 0 Å². The van der Waals surface area contributed by atoms with Crippen LogP contribution in [0.4, 0.5) is 0 Å². The number of carbonyl (C=O) groups is 1. The highest BCUT2D eigenvalue weighted by Gasteiger charge is 2.29. The number of nitrogens with zero attached hydrogens (tertiary/aromatic N) is 1. The van der Waals surface area contributed by atoms with E-state index >= 15 is 0 Å². The average Bonchev–Trinajstić information content (AvgIpc) is 2.46. The second-order valence-electron chi connectivity index (χ2n) is 4.24. The summed E-state index contributed by atoms with van der Waals surface area (Å²) >= 11 is 3.38. The van der Waals surface area contributed by atoms with E-state index in [2.05, 4.69) is 15.9 Å². The largest absolute Gasteiger partial charge is 0.504 e. The third kappa shape index (κ3) is 2.84. The molecule has 5 nitrogen and oxygen atoms in total. The number of rotatable bonds is 3. The third-order valence-electron chi connectivity index (χ3n) is 3.12. The first-order chi connectivity index (χ1) is 9.19. The molecule has 0 aliphatic carbocycles. The second-order valence-corrected chi connectivity index (χ2v) is 4.89. The van der Waals surface area contributed by atoms with Gasteiger partial charge in [-0.05, 0) is 12.1 Å². The zero-order valence-electron chi connectivity index (χ0n) is 10.6. The van der Waals surface area contributed by atoms with Gasteiger partial charge in [0.25, 0.3) is 5.91 Å². The van der Waals surface area contributed by atoms with Crippen molar-refractivity contribution in [3.63, 3.8) is 0 Å². The van der Waals surface area contributed by atoms with E-state index in [-0.39, 0.29) is 23.3 Å². The van der Waals surface area contributed by atoms with Crippen LogP contribution in [0.1, 0.15) is 10.4 Å². The molecule has 104 valence electrons. The summed E-state index contributed by atoms with van der Waals surface area (Å²) in [4.78, 5) is 14.2. The minimum atomic E-state index is -0.204. The Kier molecular flexibility index (Phi) is 4.66. The molecular weight excluding hydrogens is 314 g/mol. The summed E-state index contributed by atoms with van der Waals surface area (Å²) < 4.78 is 10.4. The van der Waals surface area contributed by atoms with Crippen LogP contribution < -0.4 is 4.74 Å². The molecule has 1 N–H and O–H groups in total. The van der Waals surface area contributed by atoms with Gasteiger partial charge in [0, 0.05) is 11.9 Å². The minimum Gasteiger partial charge on any atom is -0.504 e. The second kappa shape index (κ2) is 6.25. The molecule has 0 saturated carbocycles. The molecule has 2 rings (SSSR count). The highest BCUT2D eigenvalue weighted by molar-refractivity contribution is 9.09. The van der Waals surface area contributed by atoms with E-state index in [1.54, 1.807) is 23.1 Å². The molecule has 1 amide bonds. The third-order valence-corrected chi connectivity index (χ3v) is 3.86. The van der Waals surface area contributed by atoms with Gasteiger partial charge in [0.1, 0.15) is 0 Å². The SMILES string of the molecule is COc1cccc(C(=O)N2CCOCC2CBr)c1O. The predicted octanol–water partition coefficient (Wildman–Crippen LogP) is 1.64. The van der Waals surface area contributed by atoms with Gasteiger partial charge in [0.15, 0.2) is 11.5 Å². The summed E-state index contributed by atoms with van der Waals surface area (Å²) in [7, 11) is 1.46. The Bertz CT molecular complexity index is 466. The maximum Gasteiger partial charge on any atom is 0.258 e. The van der Waals surface area contributed by atoms with Gasteiger partial charge in [-0.1, -0.05) is 22.0 Å². The number of alkyl halides is 1. The van der Waals surface area contributed by atoms with Crippen LogP contribution in [0, 0.1) is 0 Å². The molecule has 0 bridgehead atoms. The van der Waals surface area contributed by atoms with Crippen LogP contribution in [0.25, 0.3) is 0 Å². The van der Waals surface area contributed by atoms with Gasteiger partial charge in [-0.25, -0.2) is 0 Å². The van der Waals surface area contributed by atoms with Crippen molar-refractivity contribution < 1.29 is 19.4 Å². The number of phenolic OH excluding ortho intramolecular Hbond substituents is 1. The Morgan fingerprint density at radius 3 is 3.11 bits per heavy atom. The highest BCUT2D eigenvalue weighted by atomic mass is 79.9. The fourth-order valence-electron chi connectivity index (χ4n) is 2.06. The van der Waals surface area contributed by atoms with Crippen LogP contribution in [0.15, 0.2) is 18.2 Å². The fraction of sp³-hybridized carbons (Fsp3) is 0.462. The van der Waals surface area contributed by atoms with Crippen molar-refractivity contribution >= 4 is 21.8 Å². The van der Waals surface area contributed by atoms with E-state index in [4.69, 9.17) is 9.47 Å². The smallest absolute Gasteiger partial charge is 0.258 e. The van der Waals surface area contributed by atoms with E-state index in [1.807, 2.05) is 0 Å². The Balaban J connectivity index is 2.28. The molecule has 1 atom stereocenters. The van der Waals surface area contributed by atoms with Crippen molar-refractivity contribution in [3.05, 3.63) is 23.8 Å². The van der Waals surface area contributed by atoms with Gasteiger partial charge in [0.2, 0.25) is 0 Å². The van der Waals surface area contributed by atoms with Gasteiger partial charge in [0.05, 0.1) is 31.9 Å². The number of benzene rings is 1. The van der Waals surface area contributed by atoms with Crippen LogP contribution in [0.3, 0.4) is 0 Å². The van der Waals surface area contributed by atoms with Crippen molar-refractivity contribution in [1.82, 2.24) is 4.90 Å². The molecule has 1 unspecified atom stereocenters. The van der Waals surface area contributed by atoms with E-state index in [9.17, 15) is 9.90 Å². The summed E-state index contributed by atoms with van der Waals surface area (Å²) in [5.74, 6) is -0.0199. The van der Waals surface area contributed by atoms with Crippen molar-refractivity contribution in [2.75, 3.05) is 32.2 Å². The number of carbonyl (C=O) groups excluding carboxylic acids is 1. The molecule has 1 saturated heterocycles. The average molecular weight is 330 g/mol. The number of hydrogen-bond acceptors (Lipinski definition) is 4. The number of aromatic hydroxyl groups is 1. The molecule has 0 radical (unpaired) electrons. The standard InChI is InChI=1S/C13H16BrNO4/c1-18-11-4-2-3-10(12(11)16)13(17)15-5-6-19-8-9(15)7-14/h2-4,9,16H,5-8H2,1H3. The molecule has 19 heavy (non-hydrogen) atoms. The lowest BCUT2D eigenvalue weighted by molar-refractivity contribution is 0.00507. The molecule has 1 aromatic rings. The number of hydrogen-bond donors (Lipinski definition) is 1. The lowest BCUT2D eigenvalue weighted by atomic mass is 10.1. The Morgan fingerprint density at radius 2 is 2.42 bits per heavy atom. The predicted molar refractivity (Wildman–Crippen MR) is 74.1 cm³/mol. The van der Waals surface area contributed by atoms with Crippen molar-refractivity contribution in [2.45, 2.75) is 6.04 Å². The number of ether oxygens (including phenoxy) is 2. The molecular formula is C13H16BrNO4. The zero-order valence-corrected chi connectivity index (χ0v) is 12.2. The topological polar surface area (TPSA) is 59.0 Å². The van der Waals surface area contributed by atoms with E-state index in [1.165, 1.54) is 7.11 Å². The molecule has 0 spiro atoms. The minimum absolute atomic E-state index is 0.0214. The van der Waals surface area contributed by atoms with Gasteiger partial charge in [-0.3, -0.25) is 4.79 Å². The quantitative estimate of drug-likeness (QED) is 0.856. The number of morpholine rings is 1. The van der Waals surface area contributed by atoms with Crippen LogP contribution in [-0.4, -0.2) is 54.2 Å². The monoisotopic (exact) mass is 329 g/mol. The number of amides is 1. The van der Waals surface area contributed by atoms with Crippen LogP contribution >= 0.6 is 15.9 Å². The summed E-state index contributed by atoms with van der Waals surface area (Å²) in [5, 5.41) is 10.7. The first-order valence-electron chi connectivity index (χ1n) is 5.99. The lowest BCUT2D eigenvalue weighted by Gasteiger charge is -2.34. The Labute approximate surface area is 120 Å². The Hall–Kier alpha value is -1.27. The number of methoxy groups -OCH3 is 1. The molecule has 1 heterocycles. The van der Waals surface area contributed by atoms with Gasteiger partial charge >= 0.3 is 0 Å². The number of phenols is 1. The Morgan fingerprint density at radius 1 is 1.63 bits per heavy atom. The van der Waals surface area contributed by atoms with Crippen molar-refractivity contribution in [2.24, 2.45) is 0 Å². The molecule has 1 aromatic carbocycles. The molecule has 6 heteroatoms. The van der Waals surface area contributed by atoms with E-state index in [0.29, 0.717) is 30.8 Å². The maximum absolute atomic E-state index is 12.5. The fourth-order valence-corrected chi connectivity index (χ4v) is 2.60. The highest BCUT2D eigenvalue weighted by Crippen LogP contribution is 2.30. The molecule has 1 fully saturated rings. The molecule has 1 aliphatic rings. The molecule has 1 aliphatic heterocycles. The maximum atomic E-state index is 12.5. The summed E-state index contributed by atoms with van der Waals surface area (Å²) in [5.41, 5.74) is 0.257.